The average molecular weight is 197 g/mol. The largest absolute Gasteiger partial charge is 0.314 e. The molecule has 0 aromatic rings. The van der Waals surface area contributed by atoms with Gasteiger partial charge >= 0.3 is 0 Å². The Kier molecular flexibility index (Phi) is 5.54. The molecular weight excluding hydrogens is 170 g/mol. The summed E-state index contributed by atoms with van der Waals surface area (Å²) in [6.45, 7) is 8.24. The average Bonchev–Trinajstić information content (AvgIpc) is 2.19. The summed E-state index contributed by atoms with van der Waals surface area (Å²) in [6.07, 6.45) is 8.38. The standard InChI is InChI=1S/C13H27N/c1-4-5-9-14-13-8-6-7-12(10-13)11(2)3/h11-14H,4-10H2,1-3H3. The van der Waals surface area contributed by atoms with E-state index in [-0.39, 0.29) is 0 Å². The second kappa shape index (κ2) is 6.44. The molecule has 0 amide bonds. The van der Waals surface area contributed by atoms with Crippen LogP contribution in [0.15, 0.2) is 0 Å². The Labute approximate surface area is 89.7 Å². The van der Waals surface area contributed by atoms with Gasteiger partial charge in [-0.3, -0.25) is 0 Å². The third-order valence-corrected chi connectivity index (χ3v) is 3.62. The van der Waals surface area contributed by atoms with E-state index in [9.17, 15) is 0 Å². The number of unbranched alkanes of at least 4 members (excludes halogenated alkanes) is 1. The molecule has 0 aromatic carbocycles. The molecule has 0 spiro atoms. The van der Waals surface area contributed by atoms with Gasteiger partial charge in [-0.25, -0.2) is 0 Å². The molecule has 0 aromatic heterocycles. The van der Waals surface area contributed by atoms with Crippen LogP contribution in [-0.2, 0) is 0 Å². The topological polar surface area (TPSA) is 12.0 Å². The van der Waals surface area contributed by atoms with Crippen LogP contribution in [-0.4, -0.2) is 12.6 Å². The predicted molar refractivity (Wildman–Crippen MR) is 63.5 cm³/mol. The van der Waals surface area contributed by atoms with Crippen molar-refractivity contribution in [2.75, 3.05) is 6.54 Å². The van der Waals surface area contributed by atoms with Gasteiger partial charge in [-0.15, -0.1) is 0 Å². The fourth-order valence-electron chi connectivity index (χ4n) is 2.50. The maximum absolute atomic E-state index is 3.71. The molecule has 0 heterocycles. The van der Waals surface area contributed by atoms with Crippen molar-refractivity contribution in [1.82, 2.24) is 5.32 Å². The Bertz CT molecular complexity index is 142. The molecule has 1 rings (SSSR count). The Morgan fingerprint density at radius 3 is 2.71 bits per heavy atom. The smallest absolute Gasteiger partial charge is 0.00698 e. The molecule has 1 saturated carbocycles. The van der Waals surface area contributed by atoms with Crippen molar-refractivity contribution in [2.24, 2.45) is 11.8 Å². The second-order valence-corrected chi connectivity index (χ2v) is 5.18. The summed E-state index contributed by atoms with van der Waals surface area (Å²) >= 11 is 0. The molecule has 1 heteroatoms. The lowest BCUT2D eigenvalue weighted by molar-refractivity contribution is 0.231. The van der Waals surface area contributed by atoms with E-state index in [1.807, 2.05) is 0 Å². The summed E-state index contributed by atoms with van der Waals surface area (Å²) in [5, 5.41) is 3.71. The van der Waals surface area contributed by atoms with Gasteiger partial charge in [0, 0.05) is 6.04 Å². The highest BCUT2D eigenvalue weighted by atomic mass is 14.9. The third-order valence-electron chi connectivity index (χ3n) is 3.62. The van der Waals surface area contributed by atoms with Crippen molar-refractivity contribution in [1.29, 1.82) is 0 Å². The summed E-state index contributed by atoms with van der Waals surface area (Å²) in [5.74, 6) is 1.86. The normalized spacial score (nSPS) is 28.3. The Morgan fingerprint density at radius 1 is 1.29 bits per heavy atom. The van der Waals surface area contributed by atoms with E-state index in [1.165, 1.54) is 45.1 Å². The van der Waals surface area contributed by atoms with E-state index in [1.54, 1.807) is 0 Å². The fraction of sp³-hybridized carbons (Fsp3) is 1.00. The summed E-state index contributed by atoms with van der Waals surface area (Å²) in [6, 6.07) is 0.822. The van der Waals surface area contributed by atoms with Crippen LogP contribution < -0.4 is 5.32 Å². The van der Waals surface area contributed by atoms with Crippen molar-refractivity contribution < 1.29 is 0 Å². The van der Waals surface area contributed by atoms with Crippen LogP contribution in [0.1, 0.15) is 59.3 Å². The molecular formula is C13H27N. The number of nitrogens with one attached hydrogen (secondary N) is 1. The van der Waals surface area contributed by atoms with Gasteiger partial charge in [-0.2, -0.15) is 0 Å². The van der Waals surface area contributed by atoms with Crippen LogP contribution in [0.3, 0.4) is 0 Å². The summed E-state index contributed by atoms with van der Waals surface area (Å²) in [4.78, 5) is 0. The maximum atomic E-state index is 3.71. The first kappa shape index (κ1) is 12.0. The molecule has 0 radical (unpaired) electrons. The van der Waals surface area contributed by atoms with Crippen molar-refractivity contribution in [3.63, 3.8) is 0 Å². The van der Waals surface area contributed by atoms with Gasteiger partial charge in [-0.05, 0) is 37.6 Å². The Morgan fingerprint density at radius 2 is 2.07 bits per heavy atom. The summed E-state index contributed by atoms with van der Waals surface area (Å²) in [7, 11) is 0. The summed E-state index contributed by atoms with van der Waals surface area (Å²) in [5.41, 5.74) is 0. The van der Waals surface area contributed by atoms with Gasteiger partial charge in [0.05, 0.1) is 0 Å². The van der Waals surface area contributed by atoms with Crippen LogP contribution in [0.2, 0.25) is 0 Å². The molecule has 1 N–H and O–H groups in total. The van der Waals surface area contributed by atoms with E-state index in [0.717, 1.165) is 17.9 Å². The number of hydrogen-bond donors (Lipinski definition) is 1. The highest BCUT2D eigenvalue weighted by Crippen LogP contribution is 2.29. The molecule has 14 heavy (non-hydrogen) atoms. The quantitative estimate of drug-likeness (QED) is 0.664. The van der Waals surface area contributed by atoms with Gasteiger partial charge in [0.2, 0.25) is 0 Å². The fourth-order valence-corrected chi connectivity index (χ4v) is 2.50. The minimum absolute atomic E-state index is 0.822. The van der Waals surface area contributed by atoms with Crippen LogP contribution in [0.4, 0.5) is 0 Å². The molecule has 2 unspecified atom stereocenters. The zero-order chi connectivity index (χ0) is 10.4. The summed E-state index contributed by atoms with van der Waals surface area (Å²) < 4.78 is 0. The number of rotatable bonds is 5. The van der Waals surface area contributed by atoms with Crippen LogP contribution >= 0.6 is 0 Å². The minimum atomic E-state index is 0.822. The van der Waals surface area contributed by atoms with Crippen molar-refractivity contribution in [3.05, 3.63) is 0 Å². The van der Waals surface area contributed by atoms with E-state index < -0.39 is 0 Å². The maximum Gasteiger partial charge on any atom is 0.00698 e. The molecule has 2 atom stereocenters. The lowest BCUT2D eigenvalue weighted by Crippen LogP contribution is -2.35. The second-order valence-electron chi connectivity index (χ2n) is 5.18. The van der Waals surface area contributed by atoms with Gasteiger partial charge in [0.15, 0.2) is 0 Å². The SMILES string of the molecule is CCCCNC1CCCC(C(C)C)C1. The molecule has 0 saturated heterocycles. The Balaban J connectivity index is 2.19. The van der Waals surface area contributed by atoms with Crippen LogP contribution in [0.25, 0.3) is 0 Å². The van der Waals surface area contributed by atoms with Gasteiger partial charge in [0.25, 0.3) is 0 Å². The van der Waals surface area contributed by atoms with Gasteiger partial charge < -0.3 is 5.32 Å². The highest BCUT2D eigenvalue weighted by Gasteiger charge is 2.23. The molecule has 1 nitrogen and oxygen atoms in total. The zero-order valence-electron chi connectivity index (χ0n) is 10.2. The molecule has 84 valence electrons. The molecule has 1 fully saturated rings. The van der Waals surface area contributed by atoms with Crippen molar-refractivity contribution in [3.8, 4) is 0 Å². The van der Waals surface area contributed by atoms with Gasteiger partial charge in [-0.1, -0.05) is 40.0 Å². The van der Waals surface area contributed by atoms with E-state index in [4.69, 9.17) is 0 Å². The van der Waals surface area contributed by atoms with Crippen molar-refractivity contribution in [2.45, 2.75) is 65.3 Å². The van der Waals surface area contributed by atoms with E-state index in [2.05, 4.69) is 26.1 Å². The molecule has 0 aliphatic heterocycles. The lowest BCUT2D eigenvalue weighted by atomic mass is 9.79. The lowest BCUT2D eigenvalue weighted by Gasteiger charge is -2.32. The van der Waals surface area contributed by atoms with E-state index >= 15 is 0 Å². The molecule has 0 bridgehead atoms. The Hall–Kier alpha value is -0.0400. The zero-order valence-corrected chi connectivity index (χ0v) is 10.2. The van der Waals surface area contributed by atoms with Crippen molar-refractivity contribution >= 4 is 0 Å². The first-order valence-electron chi connectivity index (χ1n) is 6.47. The monoisotopic (exact) mass is 197 g/mol. The first-order chi connectivity index (χ1) is 6.74. The third kappa shape index (κ3) is 4.00. The van der Waals surface area contributed by atoms with Crippen LogP contribution in [0.5, 0.6) is 0 Å². The highest BCUT2D eigenvalue weighted by molar-refractivity contribution is 4.79. The predicted octanol–water partition coefficient (Wildman–Crippen LogP) is 3.59. The number of hydrogen-bond acceptors (Lipinski definition) is 1. The van der Waals surface area contributed by atoms with Crippen LogP contribution in [0, 0.1) is 11.8 Å². The molecule has 1 aliphatic rings. The first-order valence-corrected chi connectivity index (χ1v) is 6.47. The van der Waals surface area contributed by atoms with Gasteiger partial charge in [0.1, 0.15) is 0 Å². The van der Waals surface area contributed by atoms with E-state index in [0.29, 0.717) is 0 Å². The minimum Gasteiger partial charge on any atom is -0.314 e. The molecule has 1 aliphatic carbocycles.